The van der Waals surface area contributed by atoms with E-state index in [2.05, 4.69) is 20.8 Å². The summed E-state index contributed by atoms with van der Waals surface area (Å²) in [7, 11) is 0. The van der Waals surface area contributed by atoms with Gasteiger partial charge in [-0.05, 0) is 12.8 Å². The van der Waals surface area contributed by atoms with E-state index in [1.54, 1.807) is 0 Å². The molecule has 0 spiro atoms. The van der Waals surface area contributed by atoms with Gasteiger partial charge in [-0.3, -0.25) is 0 Å². The molecule has 1 nitrogen and oxygen atoms in total. The molecule has 2 heteroatoms. The molecule has 1 aliphatic heterocycles. The summed E-state index contributed by atoms with van der Waals surface area (Å²) in [5.41, 5.74) is 0.472. The van der Waals surface area contributed by atoms with Gasteiger partial charge < -0.3 is 4.74 Å². The fourth-order valence-electron chi connectivity index (χ4n) is 1.04. The van der Waals surface area contributed by atoms with Crippen molar-refractivity contribution < 1.29 is 4.74 Å². The average Bonchev–Trinajstić information content (AvgIpc) is 2.12. The third kappa shape index (κ3) is 2.93. The Morgan fingerprint density at radius 1 is 1.40 bits per heavy atom. The van der Waals surface area contributed by atoms with Gasteiger partial charge in [-0.1, -0.05) is 20.8 Å². The van der Waals surface area contributed by atoms with Crippen LogP contribution in [0.4, 0.5) is 0 Å². The van der Waals surface area contributed by atoms with Gasteiger partial charge in [0.05, 0.1) is 0 Å². The maximum atomic E-state index is 5.49. The second-order valence-corrected chi connectivity index (χ2v) is 5.66. The smallest absolute Gasteiger partial charge is 0.103 e. The minimum absolute atomic E-state index is 0.356. The lowest BCUT2D eigenvalue weighted by atomic mass is 10.3. The zero-order valence-electron chi connectivity index (χ0n) is 7.02. The highest BCUT2D eigenvalue weighted by molar-refractivity contribution is 8.01. The Hall–Kier alpha value is 0.310. The summed E-state index contributed by atoms with van der Waals surface area (Å²) < 4.78 is 5.85. The SMILES string of the molecule is CC(C)(C)SC1CCCO1. The van der Waals surface area contributed by atoms with E-state index in [9.17, 15) is 0 Å². The van der Waals surface area contributed by atoms with Crippen LogP contribution in [0.1, 0.15) is 33.6 Å². The van der Waals surface area contributed by atoms with E-state index in [0.717, 1.165) is 6.61 Å². The summed E-state index contributed by atoms with van der Waals surface area (Å²) >= 11 is 1.94. The third-order valence-electron chi connectivity index (χ3n) is 1.37. The molecule has 1 rings (SSSR count). The van der Waals surface area contributed by atoms with E-state index < -0.39 is 0 Å². The molecule has 0 amide bonds. The molecule has 0 aromatic rings. The third-order valence-corrected chi connectivity index (χ3v) is 2.71. The van der Waals surface area contributed by atoms with Crippen molar-refractivity contribution in [3.63, 3.8) is 0 Å². The Labute approximate surface area is 67.5 Å². The number of ether oxygens (including phenoxy) is 1. The molecule has 0 aliphatic carbocycles. The van der Waals surface area contributed by atoms with E-state index in [1.165, 1.54) is 12.8 Å². The van der Waals surface area contributed by atoms with Crippen molar-refractivity contribution >= 4 is 11.8 Å². The van der Waals surface area contributed by atoms with E-state index in [0.29, 0.717) is 10.2 Å². The van der Waals surface area contributed by atoms with Gasteiger partial charge in [0, 0.05) is 11.4 Å². The van der Waals surface area contributed by atoms with Gasteiger partial charge in [0.25, 0.3) is 0 Å². The Kier molecular flexibility index (Phi) is 2.64. The topological polar surface area (TPSA) is 9.23 Å². The summed E-state index contributed by atoms with van der Waals surface area (Å²) in [6.07, 6.45) is 2.48. The summed E-state index contributed by atoms with van der Waals surface area (Å²) in [5.74, 6) is 0. The van der Waals surface area contributed by atoms with E-state index in [1.807, 2.05) is 11.8 Å². The molecule has 0 aromatic carbocycles. The summed E-state index contributed by atoms with van der Waals surface area (Å²) in [5, 5.41) is 0. The average molecular weight is 160 g/mol. The highest BCUT2D eigenvalue weighted by Crippen LogP contribution is 2.33. The Balaban J connectivity index is 2.24. The van der Waals surface area contributed by atoms with Crippen molar-refractivity contribution in [2.24, 2.45) is 0 Å². The maximum Gasteiger partial charge on any atom is 0.103 e. The quantitative estimate of drug-likeness (QED) is 0.583. The number of hydrogen-bond donors (Lipinski definition) is 0. The van der Waals surface area contributed by atoms with E-state index in [4.69, 9.17) is 4.74 Å². The molecule has 0 aromatic heterocycles. The van der Waals surface area contributed by atoms with Crippen molar-refractivity contribution in [1.82, 2.24) is 0 Å². The maximum absolute atomic E-state index is 5.49. The molecular weight excluding hydrogens is 144 g/mol. The molecule has 0 bridgehead atoms. The van der Waals surface area contributed by atoms with Crippen LogP contribution >= 0.6 is 11.8 Å². The van der Waals surface area contributed by atoms with Crippen molar-refractivity contribution in [2.75, 3.05) is 6.61 Å². The second-order valence-electron chi connectivity index (χ2n) is 3.67. The van der Waals surface area contributed by atoms with Gasteiger partial charge in [0.1, 0.15) is 5.44 Å². The van der Waals surface area contributed by atoms with Crippen LogP contribution in [0.5, 0.6) is 0 Å². The molecular formula is C8H16OS. The van der Waals surface area contributed by atoms with Crippen LogP contribution in [0.2, 0.25) is 0 Å². The predicted molar refractivity (Wildman–Crippen MR) is 46.3 cm³/mol. The van der Waals surface area contributed by atoms with Crippen LogP contribution in [0, 0.1) is 0 Å². The van der Waals surface area contributed by atoms with Crippen LogP contribution in [0.3, 0.4) is 0 Å². The number of rotatable bonds is 1. The van der Waals surface area contributed by atoms with Crippen LogP contribution in [-0.2, 0) is 4.74 Å². The summed E-state index contributed by atoms with van der Waals surface area (Å²) in [4.78, 5) is 0. The fourth-order valence-corrected chi connectivity index (χ4v) is 2.27. The van der Waals surface area contributed by atoms with Crippen LogP contribution in [0.25, 0.3) is 0 Å². The molecule has 60 valence electrons. The zero-order chi connectivity index (χ0) is 7.61. The standard InChI is InChI=1S/C8H16OS/c1-8(2,3)10-7-5-4-6-9-7/h7H,4-6H2,1-3H3. The first-order valence-electron chi connectivity index (χ1n) is 3.87. The Morgan fingerprint density at radius 3 is 2.50 bits per heavy atom. The molecule has 1 fully saturated rings. The minimum Gasteiger partial charge on any atom is -0.368 e. The van der Waals surface area contributed by atoms with Crippen molar-refractivity contribution in [2.45, 2.75) is 43.8 Å². The van der Waals surface area contributed by atoms with E-state index in [-0.39, 0.29) is 0 Å². The number of thioether (sulfide) groups is 1. The minimum atomic E-state index is 0.356. The van der Waals surface area contributed by atoms with Crippen LogP contribution in [0.15, 0.2) is 0 Å². The summed E-state index contributed by atoms with van der Waals surface area (Å²) in [6.45, 7) is 7.67. The van der Waals surface area contributed by atoms with Gasteiger partial charge in [-0.25, -0.2) is 0 Å². The Bertz CT molecular complexity index is 100. The first kappa shape index (κ1) is 8.41. The number of hydrogen-bond acceptors (Lipinski definition) is 2. The van der Waals surface area contributed by atoms with E-state index >= 15 is 0 Å². The normalized spacial score (nSPS) is 27.3. The van der Waals surface area contributed by atoms with Gasteiger partial charge >= 0.3 is 0 Å². The lowest BCUT2D eigenvalue weighted by molar-refractivity contribution is 0.172. The first-order valence-corrected chi connectivity index (χ1v) is 4.75. The van der Waals surface area contributed by atoms with Crippen LogP contribution < -0.4 is 0 Å². The zero-order valence-corrected chi connectivity index (χ0v) is 7.83. The van der Waals surface area contributed by atoms with Crippen molar-refractivity contribution in [3.8, 4) is 0 Å². The molecule has 10 heavy (non-hydrogen) atoms. The Morgan fingerprint density at radius 2 is 2.10 bits per heavy atom. The van der Waals surface area contributed by atoms with Gasteiger partial charge in [-0.2, -0.15) is 0 Å². The highest BCUT2D eigenvalue weighted by Gasteiger charge is 2.22. The molecule has 1 unspecified atom stereocenters. The summed E-state index contributed by atoms with van der Waals surface area (Å²) in [6, 6.07) is 0. The van der Waals surface area contributed by atoms with Gasteiger partial charge in [-0.15, -0.1) is 11.8 Å². The first-order chi connectivity index (χ1) is 4.58. The molecule has 1 heterocycles. The second kappa shape index (κ2) is 3.14. The monoisotopic (exact) mass is 160 g/mol. The molecule has 1 saturated heterocycles. The predicted octanol–water partition coefficient (Wildman–Crippen LogP) is 2.65. The van der Waals surface area contributed by atoms with Gasteiger partial charge in [0.15, 0.2) is 0 Å². The molecule has 0 saturated carbocycles. The largest absolute Gasteiger partial charge is 0.368 e. The van der Waals surface area contributed by atoms with Crippen molar-refractivity contribution in [1.29, 1.82) is 0 Å². The molecule has 0 radical (unpaired) electrons. The lowest BCUT2D eigenvalue weighted by Crippen LogP contribution is -2.14. The molecule has 1 atom stereocenters. The van der Waals surface area contributed by atoms with Gasteiger partial charge in [0.2, 0.25) is 0 Å². The van der Waals surface area contributed by atoms with Crippen LogP contribution in [-0.4, -0.2) is 16.8 Å². The fraction of sp³-hybridized carbons (Fsp3) is 1.00. The highest BCUT2D eigenvalue weighted by atomic mass is 32.2. The molecule has 1 aliphatic rings. The molecule has 0 N–H and O–H groups in total. The van der Waals surface area contributed by atoms with Crippen molar-refractivity contribution in [3.05, 3.63) is 0 Å². The lowest BCUT2D eigenvalue weighted by Gasteiger charge is -2.21.